The molecule has 1 rings (SSSR count). The van der Waals surface area contributed by atoms with Crippen LogP contribution in [0.1, 0.15) is 102 Å². The minimum Gasteiger partial charge on any atom is -0.352 e. The zero-order chi connectivity index (χ0) is 22.5. The van der Waals surface area contributed by atoms with Crippen LogP contribution in [0.3, 0.4) is 0 Å². The molecular weight excluding hydrogens is 370 g/mol. The normalized spacial score (nSPS) is 14.9. The topological polar surface area (TPSA) is 55.1 Å². The predicted molar refractivity (Wildman–Crippen MR) is 129 cm³/mol. The maximum atomic E-state index is 12.2. The van der Waals surface area contributed by atoms with Crippen molar-refractivity contribution < 1.29 is 9.39 Å². The summed E-state index contributed by atoms with van der Waals surface area (Å²) in [6, 6.07) is 9.38. The van der Waals surface area contributed by atoms with Gasteiger partial charge < -0.3 is 5.32 Å². The molecule has 0 bridgehead atoms. The Balaban J connectivity index is 2.30. The van der Waals surface area contributed by atoms with E-state index < -0.39 is 0 Å². The number of carbonyl (C=O) groups is 1. The van der Waals surface area contributed by atoms with Crippen LogP contribution in [0.2, 0.25) is 0 Å². The Labute approximate surface area is 186 Å². The van der Waals surface area contributed by atoms with Crippen LogP contribution in [-0.4, -0.2) is 36.2 Å². The Bertz CT molecular complexity index is 583. The van der Waals surface area contributed by atoms with Gasteiger partial charge in [0.2, 0.25) is 0 Å². The molecule has 0 aliphatic rings. The molecule has 2 atom stereocenters. The molecule has 3 N–H and O–H groups in total. The fourth-order valence-corrected chi connectivity index (χ4v) is 4.03. The first-order valence-electron chi connectivity index (χ1n) is 12.2. The largest absolute Gasteiger partial charge is 0.352 e. The van der Waals surface area contributed by atoms with Gasteiger partial charge in [-0.05, 0) is 32.4 Å². The van der Waals surface area contributed by atoms with Gasteiger partial charge in [0.1, 0.15) is 5.54 Å². The van der Waals surface area contributed by atoms with Crippen molar-refractivity contribution in [1.29, 1.82) is 0 Å². The van der Waals surface area contributed by atoms with Crippen molar-refractivity contribution >= 4 is 5.91 Å². The number of benzene rings is 1. The highest BCUT2D eigenvalue weighted by Crippen LogP contribution is 2.31. The highest BCUT2D eigenvalue weighted by Gasteiger charge is 2.42. The third-order valence-corrected chi connectivity index (χ3v) is 7.13. The van der Waals surface area contributed by atoms with Crippen LogP contribution in [0.15, 0.2) is 30.3 Å². The number of rotatable bonds is 16. The van der Waals surface area contributed by atoms with Gasteiger partial charge in [0, 0.05) is 24.4 Å². The zero-order valence-corrected chi connectivity index (χ0v) is 20.4. The van der Waals surface area contributed by atoms with E-state index in [0.29, 0.717) is 22.6 Å². The molecule has 0 aliphatic carbocycles. The van der Waals surface area contributed by atoms with Crippen molar-refractivity contribution in [2.75, 3.05) is 20.1 Å². The lowest BCUT2D eigenvalue weighted by Crippen LogP contribution is -2.67. The summed E-state index contributed by atoms with van der Waals surface area (Å²) in [7, 11) is 2.13. The molecule has 0 saturated heterocycles. The Morgan fingerprint density at radius 2 is 1.57 bits per heavy atom. The lowest BCUT2D eigenvalue weighted by atomic mass is 9.82. The number of hydrogen-bond acceptors (Lipinski definition) is 2. The molecule has 0 spiro atoms. The smallest absolute Gasteiger partial charge is 0.251 e. The molecule has 4 heteroatoms. The van der Waals surface area contributed by atoms with Crippen LogP contribution >= 0.6 is 0 Å². The van der Waals surface area contributed by atoms with Crippen LogP contribution in [0.5, 0.6) is 0 Å². The number of quaternary nitrogens is 1. The second kappa shape index (κ2) is 13.8. The predicted octanol–water partition coefficient (Wildman–Crippen LogP) is 6.07. The first kappa shape index (κ1) is 26.6. The lowest BCUT2D eigenvalue weighted by Gasteiger charge is -2.46. The maximum Gasteiger partial charge on any atom is 0.251 e. The number of amides is 1. The van der Waals surface area contributed by atoms with Crippen molar-refractivity contribution in [2.45, 2.75) is 97.4 Å². The molecule has 0 aliphatic heterocycles. The number of unbranched alkanes of at least 4 members (excludes halogenated alkanes) is 7. The summed E-state index contributed by atoms with van der Waals surface area (Å²) in [6.07, 6.45) is 13.0. The van der Waals surface area contributed by atoms with E-state index in [9.17, 15) is 4.79 Å². The Kier molecular flexibility index (Phi) is 12.3. The van der Waals surface area contributed by atoms with Gasteiger partial charge in [-0.15, -0.1) is 0 Å². The Hall–Kier alpha value is -1.39. The van der Waals surface area contributed by atoms with Gasteiger partial charge in [0.25, 0.3) is 5.91 Å². The molecule has 1 aromatic rings. The lowest BCUT2D eigenvalue weighted by molar-refractivity contribution is -0.971. The molecule has 0 saturated carbocycles. The average Bonchev–Trinajstić information content (AvgIpc) is 2.73. The molecule has 1 aromatic carbocycles. The van der Waals surface area contributed by atoms with E-state index in [1.54, 1.807) is 0 Å². The standard InChI is InChI=1S/C26H47N3O/c1-6-7-8-9-10-11-12-14-18-23(2)26(3,4)29(5,27)22-17-21-28-25(30)24-19-15-13-16-20-24/h13,15-16,19-20,23H,6-12,14,17-18,21-22,27H2,1-5H3/p+1. The van der Waals surface area contributed by atoms with Crippen LogP contribution in [-0.2, 0) is 0 Å². The average molecular weight is 419 g/mol. The fourth-order valence-electron chi connectivity index (χ4n) is 4.03. The Morgan fingerprint density at radius 1 is 1.00 bits per heavy atom. The van der Waals surface area contributed by atoms with Crippen molar-refractivity contribution in [3.05, 3.63) is 35.9 Å². The van der Waals surface area contributed by atoms with Crippen LogP contribution in [0.25, 0.3) is 0 Å². The van der Waals surface area contributed by atoms with Crippen molar-refractivity contribution in [2.24, 2.45) is 11.8 Å². The van der Waals surface area contributed by atoms with Crippen molar-refractivity contribution in [3.8, 4) is 0 Å². The highest BCUT2D eigenvalue weighted by molar-refractivity contribution is 5.94. The van der Waals surface area contributed by atoms with Crippen molar-refractivity contribution in [3.63, 3.8) is 0 Å². The van der Waals surface area contributed by atoms with E-state index in [4.69, 9.17) is 5.84 Å². The van der Waals surface area contributed by atoms with E-state index in [2.05, 4.69) is 40.1 Å². The fraction of sp³-hybridized carbons (Fsp3) is 0.731. The molecule has 2 unspecified atom stereocenters. The third kappa shape index (κ3) is 9.18. The van der Waals surface area contributed by atoms with Gasteiger partial charge in [-0.25, -0.2) is 4.59 Å². The van der Waals surface area contributed by atoms with E-state index >= 15 is 0 Å². The number of nitrogens with one attached hydrogen (secondary N) is 1. The van der Waals surface area contributed by atoms with Gasteiger partial charge in [0.05, 0.1) is 13.6 Å². The molecule has 172 valence electrons. The zero-order valence-electron chi connectivity index (χ0n) is 20.4. The molecule has 0 heterocycles. The minimum atomic E-state index is -0.0100. The second-order valence-corrected chi connectivity index (χ2v) is 9.79. The quantitative estimate of drug-likeness (QED) is 0.148. The first-order valence-corrected chi connectivity index (χ1v) is 12.2. The molecule has 1 amide bonds. The summed E-state index contributed by atoms with van der Waals surface area (Å²) < 4.78 is 0.492. The van der Waals surface area contributed by atoms with Crippen LogP contribution < -0.4 is 11.2 Å². The summed E-state index contributed by atoms with van der Waals surface area (Å²) >= 11 is 0. The second-order valence-electron chi connectivity index (χ2n) is 9.79. The van der Waals surface area contributed by atoms with Gasteiger partial charge in [-0.1, -0.05) is 83.4 Å². The summed E-state index contributed by atoms with van der Waals surface area (Å²) in [4.78, 5) is 12.2. The first-order chi connectivity index (χ1) is 14.2. The van der Waals surface area contributed by atoms with Crippen molar-refractivity contribution in [1.82, 2.24) is 5.32 Å². The molecule has 0 radical (unpaired) electrons. The third-order valence-electron chi connectivity index (χ3n) is 7.13. The van der Waals surface area contributed by atoms with E-state index in [1.165, 1.54) is 57.8 Å². The minimum absolute atomic E-state index is 0.00453. The van der Waals surface area contributed by atoms with E-state index in [1.807, 2.05) is 30.3 Å². The SMILES string of the molecule is CCCCCCCCCCC(C)C(C)(C)[N+](C)(N)CCCNC(=O)c1ccccc1. The van der Waals surface area contributed by atoms with Gasteiger partial charge in [-0.3, -0.25) is 4.79 Å². The van der Waals surface area contributed by atoms with Crippen LogP contribution in [0.4, 0.5) is 0 Å². The summed E-state index contributed by atoms with van der Waals surface area (Å²) in [5.74, 6) is 7.30. The van der Waals surface area contributed by atoms with Gasteiger partial charge in [0.15, 0.2) is 0 Å². The van der Waals surface area contributed by atoms with Crippen LogP contribution in [0, 0.1) is 5.92 Å². The monoisotopic (exact) mass is 418 g/mol. The molecule has 4 nitrogen and oxygen atoms in total. The molecule has 30 heavy (non-hydrogen) atoms. The molecular formula is C26H48N3O+. The molecule has 0 aromatic heterocycles. The number of carbonyl (C=O) groups excluding carboxylic acids is 1. The van der Waals surface area contributed by atoms with E-state index in [0.717, 1.165) is 13.0 Å². The summed E-state index contributed by atoms with van der Waals surface area (Å²) in [5.41, 5.74) is 0.715. The summed E-state index contributed by atoms with van der Waals surface area (Å²) in [6.45, 7) is 10.7. The van der Waals surface area contributed by atoms with Gasteiger partial charge >= 0.3 is 0 Å². The highest BCUT2D eigenvalue weighted by atomic mass is 16.1. The van der Waals surface area contributed by atoms with E-state index in [-0.39, 0.29) is 11.4 Å². The number of nitrogens with zero attached hydrogens (tertiary/aromatic N) is 1. The molecule has 0 fully saturated rings. The number of hydrogen-bond donors (Lipinski definition) is 2. The number of nitrogens with two attached hydrogens (primary N) is 1. The summed E-state index contributed by atoms with van der Waals surface area (Å²) in [5, 5.41) is 3.01. The Morgan fingerprint density at radius 3 is 2.17 bits per heavy atom. The maximum absolute atomic E-state index is 12.2. The van der Waals surface area contributed by atoms with Gasteiger partial charge in [-0.2, -0.15) is 5.84 Å².